The van der Waals surface area contributed by atoms with Gasteiger partial charge in [-0.1, -0.05) is 24.8 Å². The van der Waals surface area contributed by atoms with Crippen molar-refractivity contribution in [2.75, 3.05) is 38.6 Å². The van der Waals surface area contributed by atoms with Gasteiger partial charge in [-0.2, -0.15) is 0 Å². The van der Waals surface area contributed by atoms with Gasteiger partial charge >= 0.3 is 0 Å². The smallest absolute Gasteiger partial charge is 0.226 e. The predicted molar refractivity (Wildman–Crippen MR) is 161 cm³/mol. The van der Waals surface area contributed by atoms with Crippen LogP contribution in [-0.2, 0) is 14.3 Å². The van der Waals surface area contributed by atoms with Crippen molar-refractivity contribution in [3.05, 3.63) is 11.1 Å². The molecule has 1 saturated carbocycles. The highest BCUT2D eigenvalue weighted by Gasteiger charge is 2.51. The average molecular weight is 610 g/mol. The Labute approximate surface area is 249 Å². The van der Waals surface area contributed by atoms with Gasteiger partial charge in [-0.05, 0) is 43.3 Å². The van der Waals surface area contributed by atoms with Crippen molar-refractivity contribution < 1.29 is 14.3 Å². The van der Waals surface area contributed by atoms with Crippen LogP contribution in [0.5, 0.6) is 0 Å². The van der Waals surface area contributed by atoms with Crippen LogP contribution in [0.15, 0.2) is 11.1 Å². The van der Waals surface area contributed by atoms with Crippen LogP contribution < -0.4 is 31.7 Å². The van der Waals surface area contributed by atoms with E-state index >= 15 is 0 Å². The van der Waals surface area contributed by atoms with Crippen LogP contribution in [0, 0.1) is 17.8 Å². The van der Waals surface area contributed by atoms with E-state index in [1.54, 1.807) is 11.9 Å². The Bertz CT molecular complexity index is 1000. The number of hydrogen-bond donors (Lipinski definition) is 6. The molecule has 9 unspecified atom stereocenters. The number of allylic oxidation sites excluding steroid dienone is 1. The maximum Gasteiger partial charge on any atom is 0.226 e. The summed E-state index contributed by atoms with van der Waals surface area (Å²) in [5.41, 5.74) is 6.45. The van der Waals surface area contributed by atoms with Crippen molar-refractivity contribution in [2.24, 2.45) is 23.5 Å². The molecule has 11 atom stereocenters. The van der Waals surface area contributed by atoms with Gasteiger partial charge < -0.3 is 20.7 Å². The van der Waals surface area contributed by atoms with E-state index in [1.807, 2.05) is 29.6 Å². The van der Waals surface area contributed by atoms with E-state index in [1.165, 1.54) is 12.8 Å². The molecule has 1 amide bonds. The number of amides is 1. The van der Waals surface area contributed by atoms with E-state index in [0.29, 0.717) is 29.2 Å². The summed E-state index contributed by atoms with van der Waals surface area (Å²) in [7, 11) is 0. The van der Waals surface area contributed by atoms with Crippen molar-refractivity contribution in [3.63, 3.8) is 0 Å². The molecule has 0 radical (unpaired) electrons. The maximum absolute atomic E-state index is 13.1. The van der Waals surface area contributed by atoms with Gasteiger partial charge in [0.1, 0.15) is 0 Å². The first-order valence-electron chi connectivity index (χ1n) is 15.1. The summed E-state index contributed by atoms with van der Waals surface area (Å²) in [5.74, 6) is 2.13. The number of fused-ring (bicyclic) bond motifs is 2. The summed E-state index contributed by atoms with van der Waals surface area (Å²) in [5, 5.41) is 16.2. The van der Waals surface area contributed by atoms with Crippen LogP contribution >= 0.6 is 35.5 Å². The topological polar surface area (TPSA) is 133 Å². The summed E-state index contributed by atoms with van der Waals surface area (Å²) in [6.07, 6.45) is 8.53. The largest absolute Gasteiger partial charge is 0.378 e. The molecule has 40 heavy (non-hydrogen) atoms. The number of nitrogens with two attached hydrogens (primary N) is 1. The minimum absolute atomic E-state index is 0.0551. The van der Waals surface area contributed by atoms with Crippen LogP contribution in [0.2, 0.25) is 0 Å². The van der Waals surface area contributed by atoms with Crippen LogP contribution in [0.25, 0.3) is 0 Å². The average Bonchev–Trinajstić information content (AvgIpc) is 3.69. The molecule has 0 bridgehead atoms. The van der Waals surface area contributed by atoms with E-state index in [9.17, 15) is 9.59 Å². The Morgan fingerprint density at radius 3 is 2.80 bits per heavy atom. The zero-order valence-corrected chi connectivity index (χ0v) is 25.3. The van der Waals surface area contributed by atoms with Crippen molar-refractivity contribution in [1.82, 2.24) is 30.9 Å². The molecule has 7 N–H and O–H groups in total. The maximum atomic E-state index is 13.1. The zero-order chi connectivity index (χ0) is 27.2. The van der Waals surface area contributed by atoms with Gasteiger partial charge in [0.25, 0.3) is 0 Å². The second-order valence-corrected chi connectivity index (χ2v) is 15.8. The van der Waals surface area contributed by atoms with Crippen molar-refractivity contribution in [2.45, 2.75) is 84.9 Å². The van der Waals surface area contributed by atoms with Crippen LogP contribution in [0.1, 0.15) is 38.5 Å². The Kier molecular flexibility index (Phi) is 8.65. The third kappa shape index (κ3) is 5.71. The lowest BCUT2D eigenvalue weighted by molar-refractivity contribution is -0.125. The van der Waals surface area contributed by atoms with Gasteiger partial charge in [-0.25, -0.2) is 0 Å². The molecule has 0 aromatic rings. The Balaban J connectivity index is 0.985. The third-order valence-corrected chi connectivity index (χ3v) is 14.1. The highest BCUT2D eigenvalue weighted by Crippen LogP contribution is 2.49. The van der Waals surface area contributed by atoms with Crippen LogP contribution in [0.4, 0.5) is 0 Å². The summed E-state index contributed by atoms with van der Waals surface area (Å²) in [4.78, 5) is 28.3. The number of rotatable bonds is 6. The molecule has 7 aliphatic rings. The molecular formula is C27H43N7O3S3. The first kappa shape index (κ1) is 28.3. The minimum atomic E-state index is -0.0798. The SMILES string of the molecule is N[C@@H]1CCCC[C@@H]1NC1CC2CNC(=O)C2C(NC2CC(C3CSC4C(=O)C=C(N5CCOCC5)SC43)NS2)N1. The third-order valence-electron chi connectivity index (χ3n) is 9.89. The van der Waals surface area contributed by atoms with E-state index in [2.05, 4.69) is 30.9 Å². The van der Waals surface area contributed by atoms with Gasteiger partial charge in [0, 0.05) is 49.1 Å². The minimum Gasteiger partial charge on any atom is -0.378 e. The van der Waals surface area contributed by atoms with Crippen molar-refractivity contribution in [3.8, 4) is 0 Å². The number of carbonyl (C=O) groups is 2. The highest BCUT2D eigenvalue weighted by atomic mass is 32.2. The van der Waals surface area contributed by atoms with Gasteiger partial charge in [0.2, 0.25) is 5.91 Å². The molecule has 10 nitrogen and oxygen atoms in total. The Morgan fingerprint density at radius 1 is 1.10 bits per heavy atom. The highest BCUT2D eigenvalue weighted by molar-refractivity contribution is 8.07. The number of piperidine rings is 1. The molecule has 5 saturated heterocycles. The van der Waals surface area contributed by atoms with Gasteiger partial charge in [0.15, 0.2) is 5.78 Å². The number of ketones is 1. The summed E-state index contributed by atoms with van der Waals surface area (Å²) in [6.45, 7) is 3.93. The number of hydrogen-bond acceptors (Lipinski definition) is 12. The predicted octanol–water partition coefficient (Wildman–Crippen LogP) is 0.369. The molecule has 6 fully saturated rings. The lowest BCUT2D eigenvalue weighted by atomic mass is 9.83. The van der Waals surface area contributed by atoms with E-state index in [-0.39, 0.29) is 46.6 Å². The molecule has 0 spiro atoms. The summed E-state index contributed by atoms with van der Waals surface area (Å²) >= 11 is 5.50. The number of morpholine rings is 1. The number of ether oxygens (including phenoxy) is 1. The lowest BCUT2D eigenvalue weighted by Crippen LogP contribution is -2.66. The van der Waals surface area contributed by atoms with E-state index in [4.69, 9.17) is 10.5 Å². The van der Waals surface area contributed by atoms with Crippen molar-refractivity contribution in [1.29, 1.82) is 0 Å². The number of nitrogens with one attached hydrogen (secondary N) is 5. The first-order chi connectivity index (χ1) is 19.5. The van der Waals surface area contributed by atoms with E-state index < -0.39 is 0 Å². The Hall–Kier alpha value is -0.510. The van der Waals surface area contributed by atoms with Gasteiger partial charge in [-0.3, -0.25) is 30.3 Å². The van der Waals surface area contributed by atoms with Crippen LogP contribution in [0.3, 0.4) is 0 Å². The molecule has 6 heterocycles. The molecule has 0 aromatic heterocycles. The summed E-state index contributed by atoms with van der Waals surface area (Å²) < 4.78 is 9.27. The number of carbonyl (C=O) groups excluding carboxylic acids is 2. The van der Waals surface area contributed by atoms with E-state index in [0.717, 1.165) is 69.3 Å². The monoisotopic (exact) mass is 609 g/mol. The summed E-state index contributed by atoms with van der Waals surface area (Å²) in [6, 6.07) is 0.871. The molecular weight excluding hydrogens is 567 g/mol. The first-order valence-corrected chi connectivity index (χ1v) is 17.9. The normalized spacial score (nSPS) is 45.7. The van der Waals surface area contributed by atoms with Crippen molar-refractivity contribution >= 4 is 47.2 Å². The quantitative estimate of drug-likeness (QED) is 0.233. The number of nitrogens with zero attached hydrogens (tertiary/aromatic N) is 1. The molecule has 1 aliphatic carbocycles. The molecule has 13 heteroatoms. The Morgan fingerprint density at radius 2 is 1.95 bits per heavy atom. The standard InChI is InChI=1S/C27H43N7O3S3/c28-16-3-1-2-4-17(16)30-20-9-14-12-29-27(36)23(14)26(31-20)32-21-10-18(33-40-21)15-13-38-25-19(35)11-22(39-24(15)25)34-5-7-37-8-6-34/h11,14-18,20-21,23-26,30-33H,1-10,12-13,28H2,(H,29,36)/t14?,15?,16-,17+,18?,20?,21?,23?,24?,25?,26?/m1/s1. The lowest BCUT2D eigenvalue weighted by Gasteiger charge is -2.42. The zero-order valence-electron chi connectivity index (χ0n) is 22.9. The second kappa shape index (κ2) is 12.2. The molecule has 6 aliphatic heterocycles. The van der Waals surface area contributed by atoms with Crippen LogP contribution in [-0.4, -0.2) is 102 Å². The number of thioether (sulfide) groups is 2. The molecule has 222 valence electrons. The fourth-order valence-corrected chi connectivity index (χ4v) is 12.3. The fourth-order valence-electron chi connectivity index (χ4n) is 7.68. The fraction of sp³-hybridized carbons (Fsp3) is 0.852. The van der Waals surface area contributed by atoms with Gasteiger partial charge in [0.05, 0.1) is 47.1 Å². The molecule has 0 aromatic carbocycles. The molecule has 7 rings (SSSR count). The van der Waals surface area contributed by atoms with Gasteiger partial charge in [-0.15, -0.1) is 23.5 Å². The second-order valence-electron chi connectivity index (χ2n) is 12.4.